The molecule has 0 bridgehead atoms. The van der Waals surface area contributed by atoms with Gasteiger partial charge in [0, 0.05) is 6.07 Å². The van der Waals surface area contributed by atoms with Gasteiger partial charge in [0.15, 0.2) is 12.0 Å². The van der Waals surface area contributed by atoms with Crippen LogP contribution >= 0.6 is 0 Å². The third-order valence-corrected chi connectivity index (χ3v) is 2.41. The second kappa shape index (κ2) is 2.52. The predicted octanol–water partition coefficient (Wildman–Crippen LogP) is 0.0384. The number of para-hydroxylation sites is 2. The van der Waals surface area contributed by atoms with E-state index < -0.39 is 0 Å². The molecule has 0 fully saturated rings. The van der Waals surface area contributed by atoms with Crippen molar-refractivity contribution in [1.29, 1.82) is 0 Å². The zero-order chi connectivity index (χ0) is 9.54. The van der Waals surface area contributed by atoms with E-state index in [-0.39, 0.29) is 5.91 Å². The molecule has 1 atom stereocenters. The Balaban J connectivity index is 2.22. The Morgan fingerprint density at radius 3 is 3.07 bits per heavy atom. The number of nitrogens with zero attached hydrogens (tertiary/aromatic N) is 1. The fourth-order valence-electron chi connectivity index (χ4n) is 1.74. The summed E-state index contributed by atoms with van der Waals surface area (Å²) in [5.41, 5.74) is 2.56. The second-order valence-corrected chi connectivity index (χ2v) is 3.23. The molecule has 0 saturated heterocycles. The maximum Gasteiger partial charge on any atom is 0.312 e. The zero-order valence-electron chi connectivity index (χ0n) is 7.32. The number of hydrogen-bond donors (Lipinski definition) is 2. The number of quaternary nitrogens is 1. The van der Waals surface area contributed by atoms with Gasteiger partial charge in [-0.25, -0.2) is 9.89 Å². The molecule has 2 heterocycles. The topological polar surface area (TPSA) is 45.9 Å². The van der Waals surface area contributed by atoms with Crippen molar-refractivity contribution in [1.82, 2.24) is 0 Å². The van der Waals surface area contributed by atoms with Gasteiger partial charge in [0.25, 0.3) is 0 Å². The summed E-state index contributed by atoms with van der Waals surface area (Å²) in [4.78, 5) is 16.5. The third kappa shape index (κ3) is 0.856. The van der Waals surface area contributed by atoms with Crippen LogP contribution < -0.4 is 10.2 Å². The molecule has 14 heavy (non-hydrogen) atoms. The summed E-state index contributed by atoms with van der Waals surface area (Å²) >= 11 is 0. The van der Waals surface area contributed by atoms with Crippen LogP contribution in [0.4, 0.5) is 11.4 Å². The maximum absolute atomic E-state index is 11.6. The molecule has 1 aromatic rings. The van der Waals surface area contributed by atoms with E-state index in [0.717, 1.165) is 16.3 Å². The number of anilines is 1. The van der Waals surface area contributed by atoms with Crippen LogP contribution in [0.2, 0.25) is 0 Å². The van der Waals surface area contributed by atoms with Crippen LogP contribution in [0.5, 0.6) is 0 Å². The van der Waals surface area contributed by atoms with Crippen molar-refractivity contribution in [2.24, 2.45) is 4.99 Å². The first-order chi connectivity index (χ1) is 6.86. The molecule has 1 aromatic carbocycles. The Labute approximate surface area is 80.6 Å². The molecule has 4 heteroatoms. The molecule has 2 N–H and O–H groups in total. The minimum atomic E-state index is -0.0730. The Kier molecular flexibility index (Phi) is 1.35. The van der Waals surface area contributed by atoms with E-state index in [2.05, 4.69) is 10.3 Å². The van der Waals surface area contributed by atoms with Gasteiger partial charge in [0.1, 0.15) is 11.9 Å². The van der Waals surface area contributed by atoms with Gasteiger partial charge < -0.3 is 5.32 Å². The molecule has 4 nitrogen and oxygen atoms in total. The van der Waals surface area contributed by atoms with Gasteiger partial charge in [0.2, 0.25) is 5.70 Å². The number of carbonyl (C=O) groups excluding carboxylic acids is 1. The first kappa shape index (κ1) is 7.46. The summed E-state index contributed by atoms with van der Waals surface area (Å²) in [6, 6.07) is 7.73. The van der Waals surface area contributed by atoms with E-state index in [1.54, 1.807) is 12.5 Å². The van der Waals surface area contributed by atoms with Crippen molar-refractivity contribution in [2.75, 3.05) is 5.32 Å². The van der Waals surface area contributed by atoms with E-state index >= 15 is 0 Å². The van der Waals surface area contributed by atoms with Crippen LogP contribution in [0.15, 0.2) is 41.2 Å². The molecule has 0 radical (unpaired) electrons. The minimum absolute atomic E-state index is 0.0730. The molecule has 0 saturated carbocycles. The van der Waals surface area contributed by atoms with E-state index in [9.17, 15) is 4.79 Å². The van der Waals surface area contributed by atoms with Gasteiger partial charge in [-0.15, -0.1) is 0 Å². The highest BCUT2D eigenvalue weighted by atomic mass is 16.2. The molecule has 0 aliphatic carbocycles. The first-order valence-electron chi connectivity index (χ1n) is 4.38. The third-order valence-electron chi connectivity index (χ3n) is 2.41. The lowest BCUT2D eigenvalue weighted by atomic mass is 10.2. The maximum atomic E-state index is 11.6. The molecule has 2 aliphatic rings. The highest BCUT2D eigenvalue weighted by Crippen LogP contribution is 2.22. The van der Waals surface area contributed by atoms with Crippen molar-refractivity contribution >= 4 is 23.6 Å². The monoisotopic (exact) mass is 186 g/mol. The Morgan fingerprint density at radius 1 is 1.29 bits per heavy atom. The number of benzene rings is 1. The van der Waals surface area contributed by atoms with Crippen LogP contribution in [-0.2, 0) is 4.79 Å². The van der Waals surface area contributed by atoms with Crippen LogP contribution in [0.25, 0.3) is 0 Å². The average Bonchev–Trinajstić information content (AvgIpc) is 2.67. The van der Waals surface area contributed by atoms with E-state index in [0.29, 0.717) is 5.70 Å². The Hall–Kier alpha value is -1.94. The summed E-state index contributed by atoms with van der Waals surface area (Å²) in [6.45, 7) is 0. The summed E-state index contributed by atoms with van der Waals surface area (Å²) in [6.07, 6.45) is 3.33. The summed E-state index contributed by atoms with van der Waals surface area (Å²) in [5.74, 6) is -0.0730. The van der Waals surface area contributed by atoms with Crippen molar-refractivity contribution < 1.29 is 9.69 Å². The highest BCUT2D eigenvalue weighted by Gasteiger charge is 2.34. The van der Waals surface area contributed by atoms with E-state index in [4.69, 9.17) is 0 Å². The van der Waals surface area contributed by atoms with Gasteiger partial charge >= 0.3 is 5.91 Å². The SMILES string of the molecule is O=C1Nc2ccccc2[NH+]2C=NC=C12. The Bertz CT molecular complexity index is 476. The van der Waals surface area contributed by atoms with Gasteiger partial charge in [-0.2, -0.15) is 0 Å². The van der Waals surface area contributed by atoms with Crippen LogP contribution in [0.3, 0.4) is 0 Å². The molecular formula is C10H8N3O+. The zero-order valence-corrected chi connectivity index (χ0v) is 7.32. The van der Waals surface area contributed by atoms with Crippen molar-refractivity contribution in [3.8, 4) is 0 Å². The number of amides is 1. The molecule has 2 aliphatic heterocycles. The van der Waals surface area contributed by atoms with Crippen molar-refractivity contribution in [3.63, 3.8) is 0 Å². The van der Waals surface area contributed by atoms with Crippen LogP contribution in [0, 0.1) is 0 Å². The molecule has 1 amide bonds. The number of rotatable bonds is 0. The van der Waals surface area contributed by atoms with Gasteiger partial charge in [0.05, 0.1) is 0 Å². The summed E-state index contributed by atoms with van der Waals surface area (Å²) in [7, 11) is 0. The number of fused-ring (bicyclic) bond motifs is 3. The average molecular weight is 186 g/mol. The van der Waals surface area contributed by atoms with Crippen LogP contribution in [0.1, 0.15) is 0 Å². The predicted molar refractivity (Wildman–Crippen MR) is 52.3 cm³/mol. The first-order valence-corrected chi connectivity index (χ1v) is 4.38. The van der Waals surface area contributed by atoms with Crippen molar-refractivity contribution in [3.05, 3.63) is 36.2 Å². The quantitative estimate of drug-likeness (QED) is 0.590. The fourth-order valence-corrected chi connectivity index (χ4v) is 1.74. The lowest BCUT2D eigenvalue weighted by Crippen LogP contribution is -3.05. The number of carbonyl (C=O) groups is 1. The minimum Gasteiger partial charge on any atom is -0.312 e. The van der Waals surface area contributed by atoms with Gasteiger partial charge in [-0.3, -0.25) is 4.79 Å². The molecule has 0 spiro atoms. The fraction of sp³-hybridized carbons (Fsp3) is 0. The number of hydrogen-bond acceptors (Lipinski definition) is 2. The molecular weight excluding hydrogens is 178 g/mol. The standard InChI is InChI=1S/C10H7N3O/c14-10-9-5-11-6-13(9)8-4-2-1-3-7(8)12-10/h1-6H,(H,12,14)/p+1. The van der Waals surface area contributed by atoms with Gasteiger partial charge in [-0.05, 0) is 6.07 Å². The largest absolute Gasteiger partial charge is 0.312 e. The number of nitrogens with one attached hydrogen (secondary N) is 2. The normalized spacial score (nSPS) is 22.4. The summed E-state index contributed by atoms with van der Waals surface area (Å²) < 4.78 is 0. The Morgan fingerprint density at radius 2 is 2.14 bits per heavy atom. The second-order valence-electron chi connectivity index (χ2n) is 3.23. The van der Waals surface area contributed by atoms with Crippen molar-refractivity contribution in [2.45, 2.75) is 0 Å². The number of aliphatic imine (C=N–C) groups is 1. The lowest BCUT2D eigenvalue weighted by molar-refractivity contribution is -0.667. The summed E-state index contributed by atoms with van der Waals surface area (Å²) in [5, 5.41) is 2.82. The highest BCUT2D eigenvalue weighted by molar-refractivity contribution is 6.06. The van der Waals surface area contributed by atoms with Gasteiger partial charge in [-0.1, -0.05) is 12.1 Å². The molecule has 68 valence electrons. The molecule has 3 rings (SSSR count). The smallest absolute Gasteiger partial charge is 0.312 e. The van der Waals surface area contributed by atoms with E-state index in [1.165, 1.54) is 0 Å². The lowest BCUT2D eigenvalue weighted by Gasteiger charge is -2.20. The van der Waals surface area contributed by atoms with E-state index in [1.807, 2.05) is 24.3 Å². The molecule has 0 aromatic heterocycles. The van der Waals surface area contributed by atoms with Crippen LogP contribution in [-0.4, -0.2) is 12.2 Å². The molecule has 1 unspecified atom stereocenters.